The van der Waals surface area contributed by atoms with Crippen molar-refractivity contribution in [2.45, 2.75) is 6.42 Å². The Morgan fingerprint density at radius 1 is 1.90 bits per heavy atom. The lowest BCUT2D eigenvalue weighted by molar-refractivity contribution is 0.563. The maximum absolute atomic E-state index is 8.55. The van der Waals surface area contributed by atoms with E-state index in [1.165, 1.54) is 0 Å². The van der Waals surface area contributed by atoms with Crippen molar-refractivity contribution in [2.24, 2.45) is 0 Å². The Labute approximate surface area is 65.8 Å². The van der Waals surface area contributed by atoms with Gasteiger partial charge in [-0.2, -0.15) is 0 Å². The predicted molar refractivity (Wildman–Crippen MR) is 46.0 cm³/mol. The maximum Gasteiger partial charge on any atom is 0.231 e. The van der Waals surface area contributed by atoms with Crippen molar-refractivity contribution in [3.63, 3.8) is 0 Å². The van der Waals surface area contributed by atoms with Crippen LogP contribution in [0.1, 0.15) is 6.42 Å². The minimum Gasteiger partial charge on any atom is -0.368 e. The molecular weight excluding hydrogens is 169 g/mol. The molecule has 0 aromatic rings. The second kappa shape index (κ2) is 11.5. The van der Waals surface area contributed by atoms with Gasteiger partial charge in [-0.1, -0.05) is 17.9 Å². The molecule has 1 unspecified atom stereocenters. The van der Waals surface area contributed by atoms with Gasteiger partial charge in [0.15, 0.2) is 0 Å². The first-order valence-corrected chi connectivity index (χ1v) is 5.34. The van der Waals surface area contributed by atoms with Gasteiger partial charge >= 0.3 is 0 Å². The highest BCUT2D eigenvalue weighted by atomic mass is 32.4. The fourth-order valence-corrected chi connectivity index (χ4v) is 1.03. The lowest BCUT2D eigenvalue weighted by Crippen LogP contribution is -1.69. The minimum absolute atomic E-state index is 0.750. The van der Waals surface area contributed by atoms with E-state index in [-0.39, 0.29) is 0 Å². The van der Waals surface area contributed by atoms with Crippen LogP contribution in [0.5, 0.6) is 0 Å². The summed E-state index contributed by atoms with van der Waals surface area (Å²) in [6.07, 6.45) is 4.13. The van der Waals surface area contributed by atoms with Crippen LogP contribution in [0, 0.1) is 5.41 Å². The van der Waals surface area contributed by atoms with Crippen molar-refractivity contribution in [3.05, 3.63) is 12.7 Å². The number of allylic oxidation sites excluding steroid dienone is 1. The number of hydrogen-bond donors (Lipinski definition) is 2. The second-order valence-corrected chi connectivity index (χ2v) is 4.02. The van der Waals surface area contributed by atoms with Gasteiger partial charge in [0, 0.05) is 0 Å². The van der Waals surface area contributed by atoms with Gasteiger partial charge in [0.05, 0.1) is 6.92 Å². The third-order valence-electron chi connectivity index (χ3n) is 0.562. The van der Waals surface area contributed by atoms with Crippen LogP contribution in [0.4, 0.5) is 0 Å². The SMILES string of the molecule is C=CCC[PH](O)=S.N=C=O. The van der Waals surface area contributed by atoms with Crippen molar-refractivity contribution < 1.29 is 9.69 Å². The molecule has 0 saturated carbocycles. The van der Waals surface area contributed by atoms with Gasteiger partial charge in [0.25, 0.3) is 0 Å². The van der Waals surface area contributed by atoms with Gasteiger partial charge in [-0.3, -0.25) is 0 Å². The molecular formula is C5H10NO2PS. The zero-order valence-corrected chi connectivity index (χ0v) is 7.28. The summed E-state index contributed by atoms with van der Waals surface area (Å²) in [5.74, 6) is 0. The zero-order chi connectivity index (χ0) is 8.41. The van der Waals surface area contributed by atoms with Crippen LogP contribution in [-0.4, -0.2) is 17.1 Å². The molecule has 0 bridgehead atoms. The topological polar surface area (TPSA) is 61.1 Å². The average Bonchev–Trinajstić information content (AvgIpc) is 1.85. The van der Waals surface area contributed by atoms with Crippen LogP contribution in [0.2, 0.25) is 0 Å². The Bertz CT molecular complexity index is 143. The van der Waals surface area contributed by atoms with E-state index in [1.54, 1.807) is 6.08 Å². The molecule has 0 aromatic heterocycles. The molecule has 0 aromatic carbocycles. The van der Waals surface area contributed by atoms with Crippen LogP contribution in [0.15, 0.2) is 12.7 Å². The van der Waals surface area contributed by atoms with Crippen LogP contribution >= 0.6 is 6.92 Å². The number of rotatable bonds is 3. The van der Waals surface area contributed by atoms with Crippen LogP contribution < -0.4 is 0 Å². The molecule has 0 heterocycles. The van der Waals surface area contributed by atoms with Gasteiger partial charge in [0.2, 0.25) is 6.08 Å². The van der Waals surface area contributed by atoms with Gasteiger partial charge in [-0.15, -0.1) is 6.58 Å². The first-order chi connectivity index (χ1) is 4.68. The third-order valence-corrected chi connectivity index (χ3v) is 1.89. The van der Waals surface area contributed by atoms with Gasteiger partial charge < -0.3 is 4.89 Å². The number of carbonyl (C=O) groups excluding carboxylic acids is 1. The van der Waals surface area contributed by atoms with Crippen molar-refractivity contribution in [1.82, 2.24) is 0 Å². The largest absolute Gasteiger partial charge is 0.368 e. The molecule has 58 valence electrons. The van der Waals surface area contributed by atoms with Crippen molar-refractivity contribution in [3.8, 4) is 0 Å². The Hall–Kier alpha value is -0.270. The Morgan fingerprint density at radius 3 is 2.40 bits per heavy atom. The molecule has 0 spiro atoms. The smallest absolute Gasteiger partial charge is 0.231 e. The highest BCUT2D eigenvalue weighted by molar-refractivity contribution is 8.02. The highest BCUT2D eigenvalue weighted by Crippen LogP contribution is 2.13. The van der Waals surface area contributed by atoms with E-state index in [1.807, 2.05) is 0 Å². The molecule has 0 aliphatic carbocycles. The number of hydrogen-bond acceptors (Lipinski definition) is 3. The van der Waals surface area contributed by atoms with E-state index >= 15 is 0 Å². The fraction of sp³-hybridized carbons (Fsp3) is 0.400. The number of nitrogens with one attached hydrogen (secondary N) is 1. The molecule has 0 aliphatic rings. The predicted octanol–water partition coefficient (Wildman–Crippen LogP) is 1.05. The fourth-order valence-electron chi connectivity index (χ4n) is 0.226. The molecule has 0 radical (unpaired) electrons. The van der Waals surface area contributed by atoms with E-state index in [0.29, 0.717) is 0 Å². The van der Waals surface area contributed by atoms with Crippen LogP contribution in [-0.2, 0) is 16.6 Å². The summed E-state index contributed by atoms with van der Waals surface area (Å²) in [6, 6.07) is 0. The third kappa shape index (κ3) is 25.2. The summed E-state index contributed by atoms with van der Waals surface area (Å²) in [6.45, 7) is 2.11. The minimum atomic E-state index is -1.39. The van der Waals surface area contributed by atoms with E-state index in [4.69, 9.17) is 15.1 Å². The summed E-state index contributed by atoms with van der Waals surface area (Å²) in [5, 5.41) is 5.40. The highest BCUT2D eigenvalue weighted by Gasteiger charge is 1.80. The average molecular weight is 179 g/mol. The molecule has 2 N–H and O–H groups in total. The Kier molecular flexibility index (Phi) is 14.3. The second-order valence-electron chi connectivity index (χ2n) is 1.32. The molecule has 5 heteroatoms. The quantitative estimate of drug-likeness (QED) is 0.294. The molecule has 0 aliphatic heterocycles. The molecule has 10 heavy (non-hydrogen) atoms. The summed E-state index contributed by atoms with van der Waals surface area (Å²) >= 11 is 4.55. The van der Waals surface area contributed by atoms with E-state index < -0.39 is 6.92 Å². The lowest BCUT2D eigenvalue weighted by atomic mass is 10.5. The summed E-state index contributed by atoms with van der Waals surface area (Å²) in [4.78, 5) is 16.9. The first-order valence-electron chi connectivity index (χ1n) is 2.55. The van der Waals surface area contributed by atoms with E-state index in [2.05, 4.69) is 18.4 Å². The number of isocyanates is 1. The first kappa shape index (κ1) is 12.4. The van der Waals surface area contributed by atoms with Crippen molar-refractivity contribution in [2.75, 3.05) is 6.16 Å². The molecule has 1 atom stereocenters. The Morgan fingerprint density at radius 2 is 2.30 bits per heavy atom. The van der Waals surface area contributed by atoms with E-state index in [9.17, 15) is 0 Å². The summed E-state index contributed by atoms with van der Waals surface area (Å²) in [5.41, 5.74) is 0. The van der Waals surface area contributed by atoms with Crippen molar-refractivity contribution >= 4 is 24.8 Å². The molecule has 0 saturated heterocycles. The monoisotopic (exact) mass is 179 g/mol. The Balaban J connectivity index is 0. The van der Waals surface area contributed by atoms with E-state index in [0.717, 1.165) is 18.7 Å². The standard InChI is InChI=1S/C4H9OPS.CHNO/c1-2-3-4-6(5)7;2-1-3/h2,6H,1,3-4H2,(H,5,7);2H. The summed E-state index contributed by atoms with van der Waals surface area (Å²) in [7, 11) is 0. The van der Waals surface area contributed by atoms with Gasteiger partial charge in [-0.05, 0) is 12.6 Å². The molecule has 0 rings (SSSR count). The lowest BCUT2D eigenvalue weighted by Gasteiger charge is -1.87. The van der Waals surface area contributed by atoms with Crippen molar-refractivity contribution in [1.29, 1.82) is 5.41 Å². The molecule has 0 amide bonds. The van der Waals surface area contributed by atoms with Crippen LogP contribution in [0.3, 0.4) is 0 Å². The van der Waals surface area contributed by atoms with Gasteiger partial charge in [-0.25, -0.2) is 10.2 Å². The van der Waals surface area contributed by atoms with Crippen LogP contribution in [0.25, 0.3) is 0 Å². The normalized spacial score (nSPS) is 10.1. The molecule has 3 nitrogen and oxygen atoms in total. The maximum atomic E-state index is 8.55. The zero-order valence-electron chi connectivity index (χ0n) is 5.46. The summed E-state index contributed by atoms with van der Waals surface area (Å²) < 4.78 is 0. The van der Waals surface area contributed by atoms with Gasteiger partial charge in [0.1, 0.15) is 0 Å². The molecule has 0 fully saturated rings.